The van der Waals surface area contributed by atoms with Gasteiger partial charge in [0.05, 0.1) is 23.2 Å². The maximum absolute atomic E-state index is 14.8. The van der Waals surface area contributed by atoms with Crippen LogP contribution < -0.4 is 4.90 Å². The third kappa shape index (κ3) is 4.42. The maximum Gasteiger partial charge on any atom is 0.225 e. The van der Waals surface area contributed by atoms with Crippen molar-refractivity contribution in [3.63, 3.8) is 0 Å². The van der Waals surface area contributed by atoms with Gasteiger partial charge < -0.3 is 9.64 Å². The second kappa shape index (κ2) is 8.70. The van der Waals surface area contributed by atoms with Gasteiger partial charge in [0, 0.05) is 43.6 Å². The van der Waals surface area contributed by atoms with E-state index in [9.17, 15) is 17.2 Å². The van der Waals surface area contributed by atoms with Crippen LogP contribution in [0.5, 0.6) is 0 Å². The van der Waals surface area contributed by atoms with Crippen molar-refractivity contribution in [1.29, 1.82) is 0 Å². The zero-order chi connectivity index (χ0) is 24.0. The summed E-state index contributed by atoms with van der Waals surface area (Å²) in [6, 6.07) is 8.06. The molecule has 1 saturated heterocycles. The smallest absolute Gasteiger partial charge is 0.225 e. The molecule has 0 bridgehead atoms. The Hall–Kier alpha value is -2.91. The Bertz CT molecular complexity index is 1280. The van der Waals surface area contributed by atoms with Crippen LogP contribution in [0.2, 0.25) is 0 Å². The SMILES string of the molecule is CCc1cnc(N2C[C@@H]3C(OCc4cc(F)c(-c5ccc(S(C)(=O)=O)cc5)c(F)c4)[C@@H]3C2)nc1. The van der Waals surface area contributed by atoms with Crippen LogP contribution in [0.4, 0.5) is 14.7 Å². The van der Waals surface area contributed by atoms with Crippen LogP contribution in [-0.4, -0.2) is 43.8 Å². The molecule has 1 saturated carbocycles. The van der Waals surface area contributed by atoms with Gasteiger partial charge in [0.2, 0.25) is 5.95 Å². The van der Waals surface area contributed by atoms with Gasteiger partial charge in [-0.1, -0.05) is 19.1 Å². The molecule has 3 aromatic rings. The van der Waals surface area contributed by atoms with Crippen molar-refractivity contribution in [2.24, 2.45) is 11.8 Å². The van der Waals surface area contributed by atoms with Gasteiger partial charge in [0.25, 0.3) is 0 Å². The summed E-state index contributed by atoms with van der Waals surface area (Å²) in [6.07, 6.45) is 5.76. The topological polar surface area (TPSA) is 72.4 Å². The number of hydrogen-bond acceptors (Lipinski definition) is 6. The Balaban J connectivity index is 1.20. The number of aryl methyl sites for hydroxylation is 1. The van der Waals surface area contributed by atoms with E-state index in [4.69, 9.17) is 4.74 Å². The number of ether oxygens (including phenoxy) is 1. The minimum absolute atomic E-state index is 0.0699. The van der Waals surface area contributed by atoms with Crippen LogP contribution >= 0.6 is 0 Å². The Morgan fingerprint density at radius 2 is 1.59 bits per heavy atom. The molecule has 6 nitrogen and oxygen atoms in total. The number of anilines is 1. The van der Waals surface area contributed by atoms with Crippen molar-refractivity contribution < 1.29 is 21.9 Å². The standard InChI is InChI=1S/C25H25F2N3O3S/c1-3-15-10-28-25(29-11-15)30-12-19-20(13-30)24(19)33-14-16-8-21(26)23(22(27)9-16)17-4-6-18(7-5-17)34(2,31)32/h4-11,19-20,24H,3,12-14H2,1-2H3/t19-,20+,24?. The minimum Gasteiger partial charge on any atom is -0.373 e. The third-order valence-corrected chi connectivity index (χ3v) is 7.74. The highest BCUT2D eigenvalue weighted by atomic mass is 32.2. The summed E-state index contributed by atoms with van der Waals surface area (Å²) in [4.78, 5) is 11.1. The van der Waals surface area contributed by atoms with Crippen LogP contribution in [-0.2, 0) is 27.6 Å². The third-order valence-electron chi connectivity index (χ3n) is 6.61. The Kier molecular flexibility index (Phi) is 5.85. The number of nitrogens with zero attached hydrogens (tertiary/aromatic N) is 3. The fourth-order valence-electron chi connectivity index (χ4n) is 4.62. The van der Waals surface area contributed by atoms with Crippen molar-refractivity contribution in [3.05, 3.63) is 71.6 Å². The monoisotopic (exact) mass is 485 g/mol. The lowest BCUT2D eigenvalue weighted by atomic mass is 10.0. The number of sulfone groups is 1. The molecule has 0 amide bonds. The molecule has 5 rings (SSSR count). The molecule has 34 heavy (non-hydrogen) atoms. The lowest BCUT2D eigenvalue weighted by molar-refractivity contribution is 0.0848. The number of benzene rings is 2. The average molecular weight is 486 g/mol. The fourth-order valence-corrected chi connectivity index (χ4v) is 5.25. The van der Waals surface area contributed by atoms with E-state index < -0.39 is 21.5 Å². The second-order valence-electron chi connectivity index (χ2n) is 8.98. The first kappa shape index (κ1) is 22.9. The van der Waals surface area contributed by atoms with E-state index in [1.54, 1.807) is 0 Å². The lowest BCUT2D eigenvalue weighted by Gasteiger charge is -2.20. The maximum atomic E-state index is 14.8. The van der Waals surface area contributed by atoms with Crippen molar-refractivity contribution in [1.82, 2.24) is 9.97 Å². The summed E-state index contributed by atoms with van der Waals surface area (Å²) in [5, 5.41) is 0. The van der Waals surface area contributed by atoms with Gasteiger partial charge >= 0.3 is 0 Å². The Morgan fingerprint density at radius 1 is 1.00 bits per heavy atom. The molecular formula is C25H25F2N3O3S. The molecule has 0 spiro atoms. The second-order valence-corrected chi connectivity index (χ2v) is 11.0. The molecule has 0 radical (unpaired) electrons. The van der Waals surface area contributed by atoms with Gasteiger partial charge in [0.1, 0.15) is 11.6 Å². The zero-order valence-electron chi connectivity index (χ0n) is 18.9. The minimum atomic E-state index is -3.38. The van der Waals surface area contributed by atoms with E-state index >= 15 is 0 Å². The first-order valence-electron chi connectivity index (χ1n) is 11.2. The van der Waals surface area contributed by atoms with E-state index in [1.165, 1.54) is 36.4 Å². The number of piperidine rings is 1. The van der Waals surface area contributed by atoms with Crippen LogP contribution in [0.25, 0.3) is 11.1 Å². The summed E-state index contributed by atoms with van der Waals surface area (Å²) >= 11 is 0. The molecule has 1 aliphatic carbocycles. The number of fused-ring (bicyclic) bond motifs is 1. The number of aromatic nitrogens is 2. The van der Waals surface area contributed by atoms with Crippen molar-refractivity contribution in [2.45, 2.75) is 31.0 Å². The van der Waals surface area contributed by atoms with E-state index in [-0.39, 0.29) is 28.7 Å². The zero-order valence-corrected chi connectivity index (χ0v) is 19.7. The highest BCUT2D eigenvalue weighted by Gasteiger charge is 2.57. The van der Waals surface area contributed by atoms with Gasteiger partial charge in [-0.3, -0.25) is 0 Å². The lowest BCUT2D eigenvalue weighted by Crippen LogP contribution is -2.27. The molecule has 1 aromatic heterocycles. The summed E-state index contributed by atoms with van der Waals surface area (Å²) in [5.74, 6) is 0.0575. The Labute approximate surface area is 197 Å². The molecule has 1 unspecified atom stereocenters. The molecule has 2 fully saturated rings. The van der Waals surface area contributed by atoms with E-state index in [0.29, 0.717) is 17.4 Å². The van der Waals surface area contributed by atoms with Gasteiger partial charge in [-0.15, -0.1) is 0 Å². The van der Waals surface area contributed by atoms with E-state index in [1.807, 2.05) is 12.4 Å². The molecular weight excluding hydrogens is 460 g/mol. The molecule has 2 aliphatic rings. The van der Waals surface area contributed by atoms with Crippen molar-refractivity contribution >= 4 is 15.8 Å². The molecule has 178 valence electrons. The van der Waals surface area contributed by atoms with Crippen LogP contribution in [0.15, 0.2) is 53.7 Å². The van der Waals surface area contributed by atoms with Gasteiger partial charge in [-0.25, -0.2) is 27.2 Å². The number of hydrogen-bond donors (Lipinski definition) is 0. The van der Waals surface area contributed by atoms with E-state index in [0.717, 1.165) is 37.3 Å². The number of halogens is 2. The predicted molar refractivity (Wildman–Crippen MR) is 124 cm³/mol. The highest BCUT2D eigenvalue weighted by Crippen LogP contribution is 2.48. The summed E-state index contributed by atoms with van der Waals surface area (Å²) < 4.78 is 58.7. The molecule has 3 atom stereocenters. The van der Waals surface area contributed by atoms with Gasteiger partial charge in [-0.2, -0.15) is 0 Å². The predicted octanol–water partition coefficient (Wildman–Crippen LogP) is 4.04. The summed E-state index contributed by atoms with van der Waals surface area (Å²) in [7, 11) is -3.38. The van der Waals surface area contributed by atoms with Crippen molar-refractivity contribution in [2.75, 3.05) is 24.2 Å². The molecule has 0 N–H and O–H groups in total. The summed E-state index contributed by atoms with van der Waals surface area (Å²) in [6.45, 7) is 3.81. The van der Waals surface area contributed by atoms with Gasteiger partial charge in [0.15, 0.2) is 9.84 Å². The van der Waals surface area contributed by atoms with E-state index in [2.05, 4.69) is 21.8 Å². The average Bonchev–Trinajstić information content (AvgIpc) is 3.25. The molecule has 9 heteroatoms. The Morgan fingerprint density at radius 3 is 2.12 bits per heavy atom. The normalized spacial score (nSPS) is 21.5. The number of rotatable bonds is 7. The van der Waals surface area contributed by atoms with Crippen LogP contribution in [0, 0.1) is 23.5 Å². The van der Waals surface area contributed by atoms with Crippen LogP contribution in [0.3, 0.4) is 0 Å². The quantitative estimate of drug-likeness (QED) is 0.503. The van der Waals surface area contributed by atoms with Crippen molar-refractivity contribution in [3.8, 4) is 11.1 Å². The van der Waals surface area contributed by atoms with Gasteiger partial charge in [-0.05, 0) is 47.4 Å². The molecule has 2 aromatic carbocycles. The van der Waals surface area contributed by atoms with Crippen LogP contribution in [0.1, 0.15) is 18.1 Å². The largest absolute Gasteiger partial charge is 0.373 e. The fraction of sp³-hybridized carbons (Fsp3) is 0.360. The summed E-state index contributed by atoms with van der Waals surface area (Å²) in [5.41, 5.74) is 1.62. The first-order chi connectivity index (χ1) is 16.2. The first-order valence-corrected chi connectivity index (χ1v) is 13.1. The molecule has 2 heterocycles. The highest BCUT2D eigenvalue weighted by molar-refractivity contribution is 7.90. The molecule has 1 aliphatic heterocycles.